The van der Waals surface area contributed by atoms with Crippen LogP contribution in [0.2, 0.25) is 0 Å². The number of rotatable bonds is 4. The van der Waals surface area contributed by atoms with E-state index in [1.807, 2.05) is 0 Å². The molecule has 0 saturated heterocycles. The summed E-state index contributed by atoms with van der Waals surface area (Å²) in [6, 6.07) is 9.83. The summed E-state index contributed by atoms with van der Waals surface area (Å²) in [5, 5.41) is 0. The molecule has 13 heteroatoms. The van der Waals surface area contributed by atoms with E-state index in [4.69, 9.17) is 0 Å². The largest absolute Gasteiger partial charge is 0.416 e. The van der Waals surface area contributed by atoms with Crippen molar-refractivity contribution < 1.29 is 52.7 Å². The summed E-state index contributed by atoms with van der Waals surface area (Å²) in [5.74, 6) is 0. The topological polar surface area (TPSA) is 0 Å². The number of aryl methyl sites for hydroxylation is 4. The lowest BCUT2D eigenvalue weighted by Gasteiger charge is -2.46. The second-order valence-corrected chi connectivity index (χ2v) is 11.4. The predicted molar refractivity (Wildman–Crippen MR) is 149 cm³/mol. The molecule has 0 aliphatic carbocycles. The van der Waals surface area contributed by atoms with Gasteiger partial charge in [-0.05, 0) is 45.9 Å². The Kier molecular flexibility index (Phi) is 8.43. The summed E-state index contributed by atoms with van der Waals surface area (Å²) in [6.45, 7) is 5.57. The average Bonchev–Trinajstić information content (AvgIpc) is 2.86. The monoisotopic (exact) mass is 647 g/mol. The lowest BCUT2D eigenvalue weighted by Crippen LogP contribution is -2.75. The lowest BCUT2D eigenvalue weighted by atomic mass is 9.12. The Balaban J connectivity index is 2.40. The molecule has 240 valence electrons. The molecule has 0 N–H and O–H groups in total. The smallest absolute Gasteiger partial charge is 0.195 e. The zero-order valence-corrected chi connectivity index (χ0v) is 24.0. The molecule has 0 unspecified atom stereocenters. The van der Waals surface area contributed by atoms with Gasteiger partial charge in [0.25, 0.3) is 0 Å². The minimum atomic E-state index is -5.35. The molecule has 0 aliphatic rings. The molecule has 0 radical (unpaired) electrons. The highest BCUT2D eigenvalue weighted by Crippen LogP contribution is 2.36. The quantitative estimate of drug-likeness (QED) is 0.154. The van der Waals surface area contributed by atoms with Crippen LogP contribution in [0.3, 0.4) is 0 Å². The second-order valence-electron chi connectivity index (χ2n) is 11.4. The van der Waals surface area contributed by atoms with Crippen LogP contribution in [-0.4, -0.2) is 6.15 Å². The summed E-state index contributed by atoms with van der Waals surface area (Å²) in [7, 11) is 0. The minimum absolute atomic E-state index is 0.0674. The fraction of sp³-hybridized carbons (Fsp3) is 0.250. The molecule has 0 amide bonds. The first-order valence-electron chi connectivity index (χ1n) is 13.4. The van der Waals surface area contributed by atoms with Gasteiger partial charge in [0.1, 0.15) is 6.15 Å². The van der Waals surface area contributed by atoms with Gasteiger partial charge in [-0.25, -0.2) is 0 Å². The van der Waals surface area contributed by atoms with Crippen LogP contribution in [0.4, 0.5) is 52.7 Å². The Morgan fingerprint density at radius 2 is 0.533 bits per heavy atom. The van der Waals surface area contributed by atoms with Crippen LogP contribution in [0.5, 0.6) is 0 Å². The van der Waals surface area contributed by atoms with Crippen molar-refractivity contribution in [3.63, 3.8) is 0 Å². The van der Waals surface area contributed by atoms with E-state index in [-0.39, 0.29) is 22.7 Å². The normalized spacial score (nSPS) is 13.3. The first-order chi connectivity index (χ1) is 20.4. The SMILES string of the molecule is Cc1cc(C)cc([B-](c2cc(C)cc(C(F)(F)F)c2)(c2cc(C)cc(C(F)(F)F)c2)c2cc(C(F)(F)F)cc(C(F)(F)F)c2)c1. The second kappa shape index (κ2) is 11.2. The molecule has 45 heavy (non-hydrogen) atoms. The van der Waals surface area contributed by atoms with Gasteiger partial charge in [-0.2, -0.15) is 74.5 Å². The molecule has 0 spiro atoms. The highest BCUT2D eigenvalue weighted by Gasteiger charge is 2.42. The van der Waals surface area contributed by atoms with E-state index < -0.39 is 69.5 Å². The number of halogens is 12. The van der Waals surface area contributed by atoms with Crippen molar-refractivity contribution in [2.45, 2.75) is 52.4 Å². The van der Waals surface area contributed by atoms with Gasteiger partial charge in [0, 0.05) is 0 Å². The zero-order valence-electron chi connectivity index (χ0n) is 24.0. The number of benzene rings is 4. The van der Waals surface area contributed by atoms with Crippen LogP contribution in [0.25, 0.3) is 0 Å². The summed E-state index contributed by atoms with van der Waals surface area (Å²) < 4.78 is 170. The number of hydrogen-bond donors (Lipinski definition) is 0. The predicted octanol–water partition coefficient (Wildman–Crippen LogP) is 8.37. The highest BCUT2D eigenvalue weighted by atomic mass is 19.4. The van der Waals surface area contributed by atoms with Crippen molar-refractivity contribution in [3.05, 3.63) is 117 Å². The average molecular weight is 647 g/mol. The molecule has 4 rings (SSSR count). The third-order valence-corrected chi connectivity index (χ3v) is 7.71. The van der Waals surface area contributed by atoms with Gasteiger partial charge in [-0.3, -0.25) is 0 Å². The van der Waals surface area contributed by atoms with Crippen molar-refractivity contribution in [2.24, 2.45) is 0 Å². The van der Waals surface area contributed by atoms with Gasteiger partial charge in [0.2, 0.25) is 0 Å². The van der Waals surface area contributed by atoms with Crippen LogP contribution in [0.1, 0.15) is 44.5 Å². The van der Waals surface area contributed by atoms with Gasteiger partial charge in [0.15, 0.2) is 0 Å². The molecule has 0 atom stereocenters. The Bertz CT molecular complexity index is 1630. The molecule has 0 bridgehead atoms. The van der Waals surface area contributed by atoms with Gasteiger partial charge in [-0.1, -0.05) is 76.9 Å². The molecule has 4 aromatic rings. The van der Waals surface area contributed by atoms with E-state index in [9.17, 15) is 52.7 Å². The summed E-state index contributed by atoms with van der Waals surface area (Å²) in [6.07, 6.45) is -24.3. The van der Waals surface area contributed by atoms with Gasteiger partial charge < -0.3 is 0 Å². The van der Waals surface area contributed by atoms with Crippen molar-refractivity contribution in [1.29, 1.82) is 0 Å². The third kappa shape index (κ3) is 6.86. The number of hydrogen-bond acceptors (Lipinski definition) is 0. The minimum Gasteiger partial charge on any atom is -0.195 e. The van der Waals surface area contributed by atoms with Crippen molar-refractivity contribution >= 4 is 28.0 Å². The lowest BCUT2D eigenvalue weighted by molar-refractivity contribution is -0.143. The fourth-order valence-electron chi connectivity index (χ4n) is 6.10. The van der Waals surface area contributed by atoms with Crippen LogP contribution in [0, 0.1) is 27.7 Å². The van der Waals surface area contributed by atoms with Gasteiger partial charge in [-0.15, -0.1) is 0 Å². The van der Waals surface area contributed by atoms with Gasteiger partial charge in [0.05, 0.1) is 22.3 Å². The summed E-state index contributed by atoms with van der Waals surface area (Å²) in [4.78, 5) is 0. The Labute approximate surface area is 250 Å². The van der Waals surface area contributed by atoms with Crippen LogP contribution in [0.15, 0.2) is 72.8 Å². The van der Waals surface area contributed by atoms with Crippen LogP contribution < -0.4 is 21.9 Å². The van der Waals surface area contributed by atoms with E-state index in [1.165, 1.54) is 26.0 Å². The van der Waals surface area contributed by atoms with E-state index in [1.54, 1.807) is 19.9 Å². The first-order valence-corrected chi connectivity index (χ1v) is 13.4. The Hall–Kier alpha value is -3.90. The summed E-state index contributed by atoms with van der Waals surface area (Å²) >= 11 is 0. The maximum absolute atomic E-state index is 14.2. The van der Waals surface area contributed by atoms with E-state index in [2.05, 4.69) is 0 Å². The first kappa shape index (κ1) is 34.0. The fourth-order valence-corrected chi connectivity index (χ4v) is 6.10. The zero-order chi connectivity index (χ0) is 33.9. The maximum atomic E-state index is 14.2. The molecule has 0 nitrogen and oxygen atoms in total. The standard InChI is InChI=1S/C32H24BF12/c1-17-5-18(2)9-25(8-17)33(26-10-19(3)6-21(13-26)29(34,35)36,27-11-20(4)7-22(14-27)30(37,38)39)28-15-23(31(40,41)42)12-24(16-28)32(43,44)45/h5-16H,1-4H3/q-1. The van der Waals surface area contributed by atoms with Crippen molar-refractivity contribution in [3.8, 4) is 0 Å². The van der Waals surface area contributed by atoms with E-state index >= 15 is 0 Å². The van der Waals surface area contributed by atoms with Gasteiger partial charge >= 0.3 is 24.7 Å². The van der Waals surface area contributed by atoms with Crippen molar-refractivity contribution in [2.75, 3.05) is 0 Å². The molecule has 0 saturated carbocycles. The molecular weight excluding hydrogens is 623 g/mol. The molecule has 0 fully saturated rings. The van der Waals surface area contributed by atoms with Crippen molar-refractivity contribution in [1.82, 2.24) is 0 Å². The van der Waals surface area contributed by atoms with Crippen LogP contribution >= 0.6 is 0 Å². The van der Waals surface area contributed by atoms with Crippen LogP contribution in [-0.2, 0) is 24.7 Å². The Morgan fingerprint density at radius 3 is 0.822 bits per heavy atom. The molecule has 0 aromatic heterocycles. The molecule has 0 heterocycles. The molecular formula is C32H24BF12-. The van der Waals surface area contributed by atoms with E-state index in [0.29, 0.717) is 35.4 Å². The highest BCUT2D eigenvalue weighted by molar-refractivity contribution is 7.20. The maximum Gasteiger partial charge on any atom is 0.416 e. The molecule has 0 aliphatic heterocycles. The third-order valence-electron chi connectivity index (χ3n) is 7.71. The molecule has 4 aromatic carbocycles. The number of alkyl halides is 12. The van der Waals surface area contributed by atoms with E-state index in [0.717, 1.165) is 24.3 Å². The Morgan fingerprint density at radius 1 is 0.311 bits per heavy atom. The summed E-state index contributed by atoms with van der Waals surface area (Å²) in [5.41, 5.74) is -7.05.